The molecule has 0 aliphatic heterocycles. The van der Waals surface area contributed by atoms with Crippen LogP contribution < -0.4 is 0 Å². The van der Waals surface area contributed by atoms with Crippen LogP contribution in [0, 0.1) is 0 Å². The van der Waals surface area contributed by atoms with E-state index in [1.165, 1.54) is 18.7 Å². The van der Waals surface area contributed by atoms with Gasteiger partial charge in [0.1, 0.15) is 6.33 Å². The summed E-state index contributed by atoms with van der Waals surface area (Å²) in [6, 6.07) is 2.01. The van der Waals surface area contributed by atoms with Gasteiger partial charge in [0.2, 0.25) is 0 Å². The van der Waals surface area contributed by atoms with Crippen LogP contribution in [0.15, 0.2) is 34.6 Å². The summed E-state index contributed by atoms with van der Waals surface area (Å²) in [5, 5.41) is 2.00. The molecular weight excluding hydrogens is 302 g/mol. The minimum atomic E-state index is -0.0740. The van der Waals surface area contributed by atoms with Gasteiger partial charge in [-0.1, -0.05) is 0 Å². The van der Waals surface area contributed by atoms with Crippen molar-refractivity contribution < 1.29 is 4.79 Å². The Hall–Kier alpha value is -1.27. The van der Waals surface area contributed by atoms with Crippen molar-refractivity contribution in [3.8, 4) is 0 Å². The smallest absolute Gasteiger partial charge is 0.257 e. The minimum Gasteiger partial charge on any atom is -0.336 e. The fraction of sp³-hybridized carbons (Fsp3) is 0.182. The third-order valence-electron chi connectivity index (χ3n) is 2.17. The summed E-state index contributed by atoms with van der Waals surface area (Å²) >= 11 is 5.01. The molecule has 6 heteroatoms. The van der Waals surface area contributed by atoms with Crippen molar-refractivity contribution in [2.75, 3.05) is 7.05 Å². The molecule has 2 aromatic heterocycles. The summed E-state index contributed by atoms with van der Waals surface area (Å²) in [5.74, 6) is -0.0740. The van der Waals surface area contributed by atoms with Crippen LogP contribution in [0.2, 0.25) is 0 Å². The molecule has 0 spiro atoms. The minimum absolute atomic E-state index is 0.0740. The Bertz CT molecular complexity index is 514. The van der Waals surface area contributed by atoms with Crippen molar-refractivity contribution in [2.45, 2.75) is 6.54 Å². The Balaban J connectivity index is 2.06. The maximum atomic E-state index is 12.0. The Morgan fingerprint density at radius 2 is 2.18 bits per heavy atom. The first-order valence-corrected chi connectivity index (χ1v) is 6.57. The zero-order chi connectivity index (χ0) is 12.3. The summed E-state index contributed by atoms with van der Waals surface area (Å²) < 4.78 is 1.04. The maximum Gasteiger partial charge on any atom is 0.257 e. The number of thiophene rings is 1. The number of carbonyl (C=O) groups excluding carboxylic acids is 1. The van der Waals surface area contributed by atoms with E-state index in [-0.39, 0.29) is 5.91 Å². The average Bonchev–Trinajstić information content (AvgIpc) is 2.75. The first-order chi connectivity index (χ1) is 8.16. The van der Waals surface area contributed by atoms with Gasteiger partial charge in [0, 0.05) is 34.2 Å². The first-order valence-electron chi connectivity index (χ1n) is 4.90. The molecular formula is C11H10BrN3OS. The van der Waals surface area contributed by atoms with Gasteiger partial charge >= 0.3 is 0 Å². The van der Waals surface area contributed by atoms with E-state index in [2.05, 4.69) is 25.9 Å². The number of hydrogen-bond donors (Lipinski definition) is 0. The first kappa shape index (κ1) is 12.2. The van der Waals surface area contributed by atoms with Gasteiger partial charge in [0.25, 0.3) is 5.91 Å². The number of amides is 1. The lowest BCUT2D eigenvalue weighted by molar-refractivity contribution is 0.0785. The van der Waals surface area contributed by atoms with Crippen LogP contribution in [0.4, 0.5) is 0 Å². The number of halogens is 1. The van der Waals surface area contributed by atoms with E-state index in [1.807, 2.05) is 11.4 Å². The molecule has 4 nitrogen and oxygen atoms in total. The van der Waals surface area contributed by atoms with E-state index >= 15 is 0 Å². The highest BCUT2D eigenvalue weighted by atomic mass is 79.9. The van der Waals surface area contributed by atoms with Gasteiger partial charge in [-0.05, 0) is 22.0 Å². The largest absolute Gasteiger partial charge is 0.336 e. The predicted molar refractivity (Wildman–Crippen MR) is 69.8 cm³/mol. The molecule has 17 heavy (non-hydrogen) atoms. The summed E-state index contributed by atoms with van der Waals surface area (Å²) in [7, 11) is 1.77. The van der Waals surface area contributed by atoms with Crippen LogP contribution in [0.25, 0.3) is 0 Å². The zero-order valence-electron chi connectivity index (χ0n) is 9.13. The van der Waals surface area contributed by atoms with Gasteiger partial charge in [-0.2, -0.15) is 0 Å². The number of aromatic nitrogens is 2. The van der Waals surface area contributed by atoms with Crippen molar-refractivity contribution in [2.24, 2.45) is 0 Å². The van der Waals surface area contributed by atoms with Gasteiger partial charge in [-0.3, -0.25) is 4.79 Å². The molecule has 2 rings (SSSR count). The second kappa shape index (κ2) is 5.37. The topological polar surface area (TPSA) is 46.1 Å². The van der Waals surface area contributed by atoms with Gasteiger partial charge in [-0.15, -0.1) is 11.3 Å². The molecule has 2 heterocycles. The predicted octanol–water partition coefficient (Wildman–Crippen LogP) is 2.57. The molecule has 0 saturated carbocycles. The lowest BCUT2D eigenvalue weighted by Crippen LogP contribution is -2.26. The second-order valence-electron chi connectivity index (χ2n) is 3.52. The SMILES string of the molecule is CN(Cc1cc(Br)cs1)C(=O)c1cncnc1. The highest BCUT2D eigenvalue weighted by molar-refractivity contribution is 9.10. The highest BCUT2D eigenvalue weighted by Crippen LogP contribution is 2.21. The van der Waals surface area contributed by atoms with Crippen molar-refractivity contribution in [1.29, 1.82) is 0 Å². The standard InChI is InChI=1S/C11H10BrN3OS/c1-15(5-10-2-9(12)6-17-10)11(16)8-3-13-7-14-4-8/h2-4,6-7H,5H2,1H3. The van der Waals surface area contributed by atoms with Crippen molar-refractivity contribution in [3.63, 3.8) is 0 Å². The molecule has 0 unspecified atom stereocenters. The second-order valence-corrected chi connectivity index (χ2v) is 5.43. The quantitative estimate of drug-likeness (QED) is 0.875. The Morgan fingerprint density at radius 1 is 1.47 bits per heavy atom. The molecule has 1 amide bonds. The lowest BCUT2D eigenvalue weighted by Gasteiger charge is -2.15. The summed E-state index contributed by atoms with van der Waals surface area (Å²) in [6.45, 7) is 0.587. The Labute approximate surface area is 111 Å². The molecule has 0 aliphatic rings. The molecule has 88 valence electrons. The molecule has 0 atom stereocenters. The van der Waals surface area contributed by atoms with E-state index in [4.69, 9.17) is 0 Å². The molecule has 0 saturated heterocycles. The van der Waals surface area contributed by atoms with Crippen LogP contribution in [-0.2, 0) is 6.54 Å². The monoisotopic (exact) mass is 311 g/mol. The summed E-state index contributed by atoms with van der Waals surface area (Å²) in [6.07, 6.45) is 4.46. The number of rotatable bonds is 3. The molecule has 0 aromatic carbocycles. The molecule has 0 aliphatic carbocycles. The van der Waals surface area contributed by atoms with Crippen LogP contribution in [0.3, 0.4) is 0 Å². The van der Waals surface area contributed by atoms with Crippen LogP contribution >= 0.6 is 27.3 Å². The van der Waals surface area contributed by atoms with Crippen molar-refractivity contribution >= 4 is 33.2 Å². The molecule has 0 bridgehead atoms. The van der Waals surface area contributed by atoms with Crippen LogP contribution in [-0.4, -0.2) is 27.8 Å². The van der Waals surface area contributed by atoms with E-state index in [0.29, 0.717) is 12.1 Å². The van der Waals surface area contributed by atoms with E-state index in [9.17, 15) is 4.79 Å². The number of carbonyl (C=O) groups is 1. The fourth-order valence-corrected chi connectivity index (χ4v) is 2.88. The van der Waals surface area contributed by atoms with Gasteiger partial charge in [-0.25, -0.2) is 9.97 Å². The highest BCUT2D eigenvalue weighted by Gasteiger charge is 2.13. The van der Waals surface area contributed by atoms with Crippen molar-refractivity contribution in [3.05, 3.63) is 45.1 Å². The molecule has 0 N–H and O–H groups in total. The Morgan fingerprint density at radius 3 is 2.76 bits per heavy atom. The van der Waals surface area contributed by atoms with E-state index in [1.54, 1.807) is 23.3 Å². The van der Waals surface area contributed by atoms with E-state index < -0.39 is 0 Å². The molecule has 0 fully saturated rings. The maximum absolute atomic E-state index is 12.0. The van der Waals surface area contributed by atoms with Gasteiger partial charge < -0.3 is 4.90 Å². The number of nitrogens with zero attached hydrogens (tertiary/aromatic N) is 3. The van der Waals surface area contributed by atoms with Crippen LogP contribution in [0.1, 0.15) is 15.2 Å². The number of hydrogen-bond acceptors (Lipinski definition) is 4. The van der Waals surface area contributed by atoms with Gasteiger partial charge in [0.15, 0.2) is 0 Å². The Kier molecular flexibility index (Phi) is 3.86. The summed E-state index contributed by atoms with van der Waals surface area (Å²) in [5.41, 5.74) is 0.505. The molecule has 2 aromatic rings. The fourth-order valence-electron chi connectivity index (χ4n) is 1.37. The third kappa shape index (κ3) is 3.10. The summed E-state index contributed by atoms with van der Waals surface area (Å²) in [4.78, 5) is 22.4. The molecule has 0 radical (unpaired) electrons. The van der Waals surface area contributed by atoms with Gasteiger partial charge in [0.05, 0.1) is 12.1 Å². The normalized spacial score (nSPS) is 10.2. The van der Waals surface area contributed by atoms with Crippen molar-refractivity contribution in [1.82, 2.24) is 14.9 Å². The third-order valence-corrected chi connectivity index (χ3v) is 3.85. The van der Waals surface area contributed by atoms with E-state index in [0.717, 1.165) is 9.35 Å². The zero-order valence-corrected chi connectivity index (χ0v) is 11.5. The van der Waals surface area contributed by atoms with Crippen LogP contribution in [0.5, 0.6) is 0 Å². The average molecular weight is 312 g/mol. The lowest BCUT2D eigenvalue weighted by atomic mass is 10.3.